The standard InChI is InChI=1S/C13H24N4O2/c1-4-6-7-8-9-10(3)19-13-16-11(14)15-12(17-13)18-5-2/h10H,4-9H2,1-3H3,(H2,14,15,16,17). The number of unbranched alkanes of at least 4 members (excludes halogenated alkanes) is 3. The molecule has 6 nitrogen and oxygen atoms in total. The minimum atomic E-state index is 0.0631. The van der Waals surface area contributed by atoms with E-state index in [1.165, 1.54) is 19.3 Å². The molecule has 0 saturated heterocycles. The number of hydrogen-bond donors (Lipinski definition) is 1. The number of anilines is 1. The molecule has 0 aliphatic carbocycles. The number of aromatic nitrogens is 3. The summed E-state index contributed by atoms with van der Waals surface area (Å²) < 4.78 is 10.8. The smallest absolute Gasteiger partial charge is 0.324 e. The molecule has 6 heteroatoms. The summed E-state index contributed by atoms with van der Waals surface area (Å²) in [5.74, 6) is 0.117. The van der Waals surface area contributed by atoms with Gasteiger partial charge in [0.2, 0.25) is 5.95 Å². The third-order valence-corrected chi connectivity index (χ3v) is 2.66. The van der Waals surface area contributed by atoms with Crippen LogP contribution >= 0.6 is 0 Å². The first-order chi connectivity index (χ1) is 9.15. The molecule has 108 valence electrons. The van der Waals surface area contributed by atoms with Gasteiger partial charge >= 0.3 is 12.0 Å². The molecular weight excluding hydrogens is 244 g/mol. The Morgan fingerprint density at radius 2 is 1.79 bits per heavy atom. The van der Waals surface area contributed by atoms with Gasteiger partial charge < -0.3 is 15.2 Å². The molecule has 0 amide bonds. The van der Waals surface area contributed by atoms with Crippen molar-refractivity contribution in [3.8, 4) is 12.0 Å². The first-order valence-electron chi connectivity index (χ1n) is 6.96. The van der Waals surface area contributed by atoms with Crippen LogP contribution in [0.15, 0.2) is 0 Å². The van der Waals surface area contributed by atoms with Crippen LogP contribution in [-0.4, -0.2) is 27.7 Å². The lowest BCUT2D eigenvalue weighted by atomic mass is 10.1. The summed E-state index contributed by atoms with van der Waals surface area (Å²) in [6, 6.07) is 0.446. The van der Waals surface area contributed by atoms with E-state index in [1.54, 1.807) is 0 Å². The molecule has 1 aromatic rings. The van der Waals surface area contributed by atoms with Gasteiger partial charge in [-0.15, -0.1) is 4.98 Å². The van der Waals surface area contributed by atoms with Crippen LogP contribution in [0.2, 0.25) is 0 Å². The van der Waals surface area contributed by atoms with Crippen LogP contribution in [-0.2, 0) is 0 Å². The highest BCUT2D eigenvalue weighted by molar-refractivity contribution is 5.20. The van der Waals surface area contributed by atoms with Crippen molar-refractivity contribution in [1.29, 1.82) is 0 Å². The number of nitrogens with zero attached hydrogens (tertiary/aromatic N) is 3. The van der Waals surface area contributed by atoms with Crippen molar-refractivity contribution in [2.24, 2.45) is 0 Å². The maximum atomic E-state index is 5.64. The van der Waals surface area contributed by atoms with Crippen LogP contribution in [0.4, 0.5) is 5.95 Å². The van der Waals surface area contributed by atoms with Gasteiger partial charge in [0, 0.05) is 0 Å². The second kappa shape index (κ2) is 8.50. The maximum absolute atomic E-state index is 5.64. The highest BCUT2D eigenvalue weighted by Gasteiger charge is 2.10. The van der Waals surface area contributed by atoms with Crippen LogP contribution in [0.1, 0.15) is 52.9 Å². The molecule has 1 heterocycles. The fourth-order valence-electron chi connectivity index (χ4n) is 1.70. The topological polar surface area (TPSA) is 83.2 Å². The van der Waals surface area contributed by atoms with Crippen molar-refractivity contribution >= 4 is 5.95 Å². The SMILES string of the molecule is CCCCCCC(C)Oc1nc(N)nc(OCC)n1. The number of hydrogen-bond acceptors (Lipinski definition) is 6. The lowest BCUT2D eigenvalue weighted by Gasteiger charge is -2.13. The first kappa shape index (κ1) is 15.5. The number of rotatable bonds is 9. The normalized spacial score (nSPS) is 12.2. The zero-order valence-electron chi connectivity index (χ0n) is 12.1. The van der Waals surface area contributed by atoms with E-state index >= 15 is 0 Å². The van der Waals surface area contributed by atoms with Gasteiger partial charge in [-0.25, -0.2) is 0 Å². The molecule has 0 saturated carbocycles. The Morgan fingerprint density at radius 3 is 2.47 bits per heavy atom. The Hall–Kier alpha value is -1.59. The highest BCUT2D eigenvalue weighted by Crippen LogP contribution is 2.14. The second-order valence-corrected chi connectivity index (χ2v) is 4.47. The van der Waals surface area contributed by atoms with Crippen LogP contribution in [0, 0.1) is 0 Å². The molecule has 0 aromatic carbocycles. The van der Waals surface area contributed by atoms with E-state index in [2.05, 4.69) is 21.9 Å². The number of nitrogen functional groups attached to an aromatic ring is 1. The molecule has 0 fully saturated rings. The molecule has 0 spiro atoms. The van der Waals surface area contributed by atoms with E-state index in [0.717, 1.165) is 12.8 Å². The highest BCUT2D eigenvalue weighted by atomic mass is 16.5. The first-order valence-corrected chi connectivity index (χ1v) is 6.96. The van der Waals surface area contributed by atoms with Crippen molar-refractivity contribution in [3.05, 3.63) is 0 Å². The Balaban J connectivity index is 2.46. The lowest BCUT2D eigenvalue weighted by Crippen LogP contribution is -2.15. The Morgan fingerprint density at radius 1 is 1.05 bits per heavy atom. The van der Waals surface area contributed by atoms with E-state index in [-0.39, 0.29) is 24.1 Å². The van der Waals surface area contributed by atoms with E-state index in [0.29, 0.717) is 6.61 Å². The predicted molar refractivity (Wildman–Crippen MR) is 74.3 cm³/mol. The molecule has 0 aliphatic rings. The van der Waals surface area contributed by atoms with Gasteiger partial charge in [0.1, 0.15) is 0 Å². The Kier molecular flexibility index (Phi) is 6.92. The second-order valence-electron chi connectivity index (χ2n) is 4.47. The molecule has 1 aromatic heterocycles. The van der Waals surface area contributed by atoms with Gasteiger partial charge in [-0.05, 0) is 26.7 Å². The fourth-order valence-corrected chi connectivity index (χ4v) is 1.70. The average Bonchev–Trinajstić information content (AvgIpc) is 2.34. The molecule has 2 N–H and O–H groups in total. The van der Waals surface area contributed by atoms with E-state index in [9.17, 15) is 0 Å². The van der Waals surface area contributed by atoms with Crippen molar-refractivity contribution in [2.75, 3.05) is 12.3 Å². The largest absolute Gasteiger partial charge is 0.464 e. The predicted octanol–water partition coefficient (Wildman–Crippen LogP) is 2.59. The molecular formula is C13H24N4O2. The van der Waals surface area contributed by atoms with E-state index < -0.39 is 0 Å². The van der Waals surface area contributed by atoms with Gasteiger partial charge in [0.25, 0.3) is 0 Å². The zero-order valence-corrected chi connectivity index (χ0v) is 12.1. The minimum Gasteiger partial charge on any atom is -0.464 e. The molecule has 0 bridgehead atoms. The average molecular weight is 268 g/mol. The number of nitrogens with two attached hydrogens (primary N) is 1. The quantitative estimate of drug-likeness (QED) is 0.693. The third kappa shape index (κ3) is 6.22. The summed E-state index contributed by atoms with van der Waals surface area (Å²) in [5, 5.41) is 0. The Labute approximate surface area is 114 Å². The number of ether oxygens (including phenoxy) is 2. The maximum Gasteiger partial charge on any atom is 0.324 e. The molecule has 19 heavy (non-hydrogen) atoms. The van der Waals surface area contributed by atoms with Crippen LogP contribution in [0.3, 0.4) is 0 Å². The summed E-state index contributed by atoms with van der Waals surface area (Å²) in [6.45, 7) is 6.54. The fraction of sp³-hybridized carbons (Fsp3) is 0.769. The lowest BCUT2D eigenvalue weighted by molar-refractivity contribution is 0.185. The van der Waals surface area contributed by atoms with Crippen molar-refractivity contribution in [1.82, 2.24) is 15.0 Å². The van der Waals surface area contributed by atoms with Gasteiger partial charge in [-0.2, -0.15) is 9.97 Å². The van der Waals surface area contributed by atoms with Crippen LogP contribution in [0.5, 0.6) is 12.0 Å². The Bertz CT molecular complexity index is 374. The molecule has 1 rings (SSSR count). The van der Waals surface area contributed by atoms with Crippen molar-refractivity contribution in [2.45, 2.75) is 59.0 Å². The van der Waals surface area contributed by atoms with Crippen molar-refractivity contribution < 1.29 is 9.47 Å². The summed E-state index contributed by atoms with van der Waals surface area (Å²) in [6.07, 6.45) is 5.92. The molecule has 1 unspecified atom stereocenters. The van der Waals surface area contributed by atoms with E-state index in [4.69, 9.17) is 15.2 Å². The molecule has 1 atom stereocenters. The van der Waals surface area contributed by atoms with Gasteiger partial charge in [0.05, 0.1) is 12.7 Å². The van der Waals surface area contributed by atoms with Gasteiger partial charge in [-0.1, -0.05) is 26.2 Å². The summed E-state index contributed by atoms with van der Waals surface area (Å²) in [4.78, 5) is 11.9. The van der Waals surface area contributed by atoms with Gasteiger partial charge in [0.15, 0.2) is 0 Å². The zero-order chi connectivity index (χ0) is 14.1. The summed E-state index contributed by atoms with van der Waals surface area (Å²) in [7, 11) is 0. The third-order valence-electron chi connectivity index (χ3n) is 2.66. The van der Waals surface area contributed by atoms with Crippen LogP contribution in [0.25, 0.3) is 0 Å². The molecule has 0 radical (unpaired) electrons. The van der Waals surface area contributed by atoms with Crippen molar-refractivity contribution in [3.63, 3.8) is 0 Å². The minimum absolute atomic E-state index is 0.0631. The van der Waals surface area contributed by atoms with Crippen LogP contribution < -0.4 is 15.2 Å². The summed E-state index contributed by atoms with van der Waals surface area (Å²) >= 11 is 0. The monoisotopic (exact) mass is 268 g/mol. The summed E-state index contributed by atoms with van der Waals surface area (Å²) in [5.41, 5.74) is 5.58. The van der Waals surface area contributed by atoms with E-state index in [1.807, 2.05) is 13.8 Å². The van der Waals surface area contributed by atoms with Gasteiger partial charge in [-0.3, -0.25) is 0 Å². The molecule has 0 aliphatic heterocycles.